The Morgan fingerprint density at radius 3 is 2.61 bits per heavy atom. The van der Waals surface area contributed by atoms with Gasteiger partial charge in [-0.05, 0) is 41.3 Å². The van der Waals surface area contributed by atoms with Crippen molar-refractivity contribution in [2.45, 2.75) is 19.0 Å². The molecule has 156 valence electrons. The van der Waals surface area contributed by atoms with Crippen LogP contribution in [-0.2, 0) is 16.1 Å². The van der Waals surface area contributed by atoms with E-state index in [-0.39, 0.29) is 31.6 Å². The first-order valence-electron chi connectivity index (χ1n) is 9.76. The first-order chi connectivity index (χ1) is 15.1. The highest BCUT2D eigenvalue weighted by atomic mass is 32.1. The molecule has 2 aromatic carbocycles. The predicted molar refractivity (Wildman–Crippen MR) is 114 cm³/mol. The molecule has 1 atom stereocenters. The van der Waals surface area contributed by atoms with Gasteiger partial charge in [-0.2, -0.15) is 0 Å². The lowest BCUT2D eigenvalue weighted by Gasteiger charge is -2.27. The molecular formula is C23H18N2O5S. The van der Waals surface area contributed by atoms with Crippen LogP contribution in [0.3, 0.4) is 0 Å². The average molecular weight is 434 g/mol. The Labute approximate surface area is 182 Å². The molecule has 3 amide bonds. The lowest BCUT2D eigenvalue weighted by atomic mass is 10.1. The SMILES string of the molecule is O=C1CC(N(Cc2ccc3c(c2)OCO3)C(=O)c2cccs2)C(=O)N1c1ccccc1. The molecule has 0 spiro atoms. The summed E-state index contributed by atoms with van der Waals surface area (Å²) in [5.41, 5.74) is 1.29. The number of hydrogen-bond donors (Lipinski definition) is 0. The maximum atomic E-state index is 13.3. The van der Waals surface area contributed by atoms with Gasteiger partial charge in [0.15, 0.2) is 11.5 Å². The molecule has 2 aliphatic heterocycles. The number of carbonyl (C=O) groups excluding carboxylic acids is 3. The van der Waals surface area contributed by atoms with Crippen LogP contribution < -0.4 is 14.4 Å². The molecule has 8 heteroatoms. The van der Waals surface area contributed by atoms with Crippen molar-refractivity contribution in [1.82, 2.24) is 4.90 Å². The van der Waals surface area contributed by atoms with E-state index < -0.39 is 11.9 Å². The molecule has 0 N–H and O–H groups in total. The molecule has 0 saturated carbocycles. The van der Waals surface area contributed by atoms with Crippen LogP contribution in [0.2, 0.25) is 0 Å². The van der Waals surface area contributed by atoms with E-state index in [4.69, 9.17) is 9.47 Å². The van der Waals surface area contributed by atoms with Crippen LogP contribution >= 0.6 is 11.3 Å². The van der Waals surface area contributed by atoms with E-state index in [1.165, 1.54) is 21.1 Å². The van der Waals surface area contributed by atoms with Gasteiger partial charge in [-0.3, -0.25) is 14.4 Å². The number of para-hydroxylation sites is 1. The molecule has 0 aliphatic carbocycles. The first kappa shape index (κ1) is 19.3. The van der Waals surface area contributed by atoms with Crippen molar-refractivity contribution in [1.29, 1.82) is 0 Å². The highest BCUT2D eigenvalue weighted by molar-refractivity contribution is 7.12. The molecule has 0 radical (unpaired) electrons. The zero-order valence-corrected chi connectivity index (χ0v) is 17.2. The van der Waals surface area contributed by atoms with E-state index in [9.17, 15) is 14.4 Å². The molecule has 2 aliphatic rings. The van der Waals surface area contributed by atoms with Gasteiger partial charge in [0.25, 0.3) is 11.8 Å². The lowest BCUT2D eigenvalue weighted by Crippen LogP contribution is -2.44. The van der Waals surface area contributed by atoms with Crippen LogP contribution in [0.5, 0.6) is 11.5 Å². The minimum Gasteiger partial charge on any atom is -0.454 e. The summed E-state index contributed by atoms with van der Waals surface area (Å²) in [5, 5.41) is 1.81. The predicted octanol–water partition coefficient (Wildman–Crippen LogP) is 3.45. The van der Waals surface area contributed by atoms with Crippen molar-refractivity contribution in [3.63, 3.8) is 0 Å². The van der Waals surface area contributed by atoms with Crippen molar-refractivity contribution < 1.29 is 23.9 Å². The monoisotopic (exact) mass is 434 g/mol. The number of nitrogens with zero attached hydrogens (tertiary/aromatic N) is 2. The van der Waals surface area contributed by atoms with E-state index >= 15 is 0 Å². The van der Waals surface area contributed by atoms with E-state index in [1.54, 1.807) is 48.5 Å². The maximum absolute atomic E-state index is 13.3. The van der Waals surface area contributed by atoms with Gasteiger partial charge in [0, 0.05) is 6.54 Å². The number of carbonyl (C=O) groups is 3. The van der Waals surface area contributed by atoms with E-state index in [2.05, 4.69) is 0 Å². The second-order valence-electron chi connectivity index (χ2n) is 7.22. The van der Waals surface area contributed by atoms with E-state index in [0.717, 1.165) is 5.56 Å². The fourth-order valence-electron chi connectivity index (χ4n) is 3.81. The largest absolute Gasteiger partial charge is 0.454 e. The average Bonchev–Trinajstić information content (AvgIpc) is 3.53. The number of benzene rings is 2. The molecule has 0 bridgehead atoms. The van der Waals surface area contributed by atoms with Crippen LogP contribution in [0.4, 0.5) is 5.69 Å². The Hall–Kier alpha value is -3.65. The molecule has 1 unspecified atom stereocenters. The zero-order chi connectivity index (χ0) is 21.4. The van der Waals surface area contributed by atoms with Gasteiger partial charge in [0.1, 0.15) is 6.04 Å². The second-order valence-corrected chi connectivity index (χ2v) is 8.17. The van der Waals surface area contributed by atoms with Gasteiger partial charge in [-0.25, -0.2) is 4.90 Å². The summed E-state index contributed by atoms with van der Waals surface area (Å²) in [6.45, 7) is 0.317. The Morgan fingerprint density at radius 2 is 1.84 bits per heavy atom. The van der Waals surface area contributed by atoms with Crippen molar-refractivity contribution in [3.05, 3.63) is 76.5 Å². The highest BCUT2D eigenvalue weighted by Crippen LogP contribution is 2.34. The summed E-state index contributed by atoms with van der Waals surface area (Å²) >= 11 is 1.30. The number of rotatable bonds is 5. The number of thiophene rings is 1. The summed E-state index contributed by atoms with van der Waals surface area (Å²) in [6, 6.07) is 16.8. The van der Waals surface area contributed by atoms with Gasteiger partial charge >= 0.3 is 0 Å². The topological polar surface area (TPSA) is 76.1 Å². The normalized spacial score (nSPS) is 17.3. The highest BCUT2D eigenvalue weighted by Gasteiger charge is 2.44. The number of anilines is 1. The third kappa shape index (κ3) is 3.55. The minimum absolute atomic E-state index is 0.0601. The standard InChI is InChI=1S/C23H18N2O5S/c26-21-12-17(22(27)25(21)16-5-2-1-3-6-16)24(23(28)20-7-4-10-31-20)13-15-8-9-18-19(11-15)30-14-29-18/h1-11,17H,12-14H2. The molecular weight excluding hydrogens is 416 g/mol. The third-order valence-electron chi connectivity index (χ3n) is 5.30. The number of amides is 3. The van der Waals surface area contributed by atoms with Crippen LogP contribution in [0.1, 0.15) is 21.7 Å². The van der Waals surface area contributed by atoms with Crippen molar-refractivity contribution in [3.8, 4) is 11.5 Å². The van der Waals surface area contributed by atoms with Gasteiger partial charge in [-0.1, -0.05) is 30.3 Å². The second kappa shape index (κ2) is 7.88. The van der Waals surface area contributed by atoms with Gasteiger partial charge < -0.3 is 14.4 Å². The quantitative estimate of drug-likeness (QED) is 0.575. The summed E-state index contributed by atoms with van der Waals surface area (Å²) < 4.78 is 10.8. The molecule has 7 nitrogen and oxygen atoms in total. The van der Waals surface area contributed by atoms with Crippen LogP contribution in [-0.4, -0.2) is 35.5 Å². The Morgan fingerprint density at radius 1 is 1.03 bits per heavy atom. The van der Waals surface area contributed by atoms with E-state index in [0.29, 0.717) is 22.1 Å². The minimum atomic E-state index is -0.882. The van der Waals surface area contributed by atoms with E-state index in [1.807, 2.05) is 17.5 Å². The van der Waals surface area contributed by atoms with Gasteiger partial charge in [-0.15, -0.1) is 11.3 Å². The summed E-state index contributed by atoms with van der Waals surface area (Å²) in [6.07, 6.45) is -0.0601. The smallest absolute Gasteiger partial charge is 0.264 e. The molecule has 1 aromatic heterocycles. The van der Waals surface area contributed by atoms with Crippen molar-refractivity contribution in [2.75, 3.05) is 11.7 Å². The molecule has 1 fully saturated rings. The fourth-order valence-corrected chi connectivity index (χ4v) is 4.49. The molecule has 5 rings (SSSR count). The molecule has 1 saturated heterocycles. The first-order valence-corrected chi connectivity index (χ1v) is 10.6. The van der Waals surface area contributed by atoms with Crippen molar-refractivity contribution >= 4 is 34.7 Å². The Kier molecular flexibility index (Phi) is 4.91. The third-order valence-corrected chi connectivity index (χ3v) is 6.15. The molecule has 3 aromatic rings. The fraction of sp³-hybridized carbons (Fsp3) is 0.174. The number of imide groups is 1. The number of ether oxygens (including phenoxy) is 2. The summed E-state index contributed by atoms with van der Waals surface area (Å²) in [5.74, 6) is 0.231. The van der Waals surface area contributed by atoms with Crippen LogP contribution in [0.15, 0.2) is 66.0 Å². The van der Waals surface area contributed by atoms with Gasteiger partial charge in [0.05, 0.1) is 17.0 Å². The van der Waals surface area contributed by atoms with Crippen LogP contribution in [0, 0.1) is 0 Å². The number of fused-ring (bicyclic) bond motifs is 1. The summed E-state index contributed by atoms with van der Waals surface area (Å²) in [4.78, 5) is 42.5. The molecule has 31 heavy (non-hydrogen) atoms. The lowest BCUT2D eigenvalue weighted by molar-refractivity contribution is -0.122. The van der Waals surface area contributed by atoms with Crippen LogP contribution in [0.25, 0.3) is 0 Å². The maximum Gasteiger partial charge on any atom is 0.264 e. The number of hydrogen-bond acceptors (Lipinski definition) is 6. The van der Waals surface area contributed by atoms with Crippen molar-refractivity contribution in [2.24, 2.45) is 0 Å². The Bertz CT molecular complexity index is 1150. The summed E-state index contributed by atoms with van der Waals surface area (Å²) in [7, 11) is 0. The van der Waals surface area contributed by atoms with Gasteiger partial charge in [0.2, 0.25) is 12.7 Å². The molecule has 3 heterocycles. The Balaban J connectivity index is 1.48. The zero-order valence-electron chi connectivity index (χ0n) is 16.4.